The van der Waals surface area contributed by atoms with Crippen LogP contribution in [-0.4, -0.2) is 28.9 Å². The lowest BCUT2D eigenvalue weighted by molar-refractivity contribution is 0.0953. The molecule has 7 nitrogen and oxygen atoms in total. The molecule has 0 bridgehead atoms. The van der Waals surface area contributed by atoms with Gasteiger partial charge in [-0.15, -0.1) is 0 Å². The van der Waals surface area contributed by atoms with Gasteiger partial charge in [0.25, 0.3) is 11.5 Å². The molecular formula is C21H18ClN3O4. The fourth-order valence-corrected chi connectivity index (χ4v) is 2.89. The summed E-state index contributed by atoms with van der Waals surface area (Å²) in [5.74, 6) is -0.352. The number of carbonyl (C=O) groups is 1. The summed E-state index contributed by atoms with van der Waals surface area (Å²) in [6, 6.07) is 14.9. The van der Waals surface area contributed by atoms with E-state index < -0.39 is 11.5 Å². The van der Waals surface area contributed by atoms with Gasteiger partial charge in [0.2, 0.25) is 0 Å². The minimum absolute atomic E-state index is 0.0377. The first-order valence-corrected chi connectivity index (χ1v) is 9.00. The van der Waals surface area contributed by atoms with Gasteiger partial charge in [0, 0.05) is 11.2 Å². The van der Waals surface area contributed by atoms with Crippen LogP contribution in [0.3, 0.4) is 0 Å². The number of rotatable bonds is 6. The number of hydrazone groups is 1. The van der Waals surface area contributed by atoms with E-state index in [-0.39, 0.29) is 17.9 Å². The van der Waals surface area contributed by atoms with Crippen LogP contribution in [0.2, 0.25) is 5.02 Å². The number of aromatic hydroxyl groups is 1. The molecule has 3 rings (SSSR count). The highest BCUT2D eigenvalue weighted by Gasteiger charge is 2.12. The highest BCUT2D eigenvalue weighted by molar-refractivity contribution is 6.30. The van der Waals surface area contributed by atoms with Gasteiger partial charge in [0.1, 0.15) is 5.56 Å². The monoisotopic (exact) mass is 411 g/mol. The van der Waals surface area contributed by atoms with Crippen LogP contribution in [-0.2, 0) is 6.54 Å². The van der Waals surface area contributed by atoms with Crippen LogP contribution < -0.4 is 15.7 Å². The van der Waals surface area contributed by atoms with Gasteiger partial charge in [-0.1, -0.05) is 23.7 Å². The maximum absolute atomic E-state index is 12.6. The Morgan fingerprint density at radius 2 is 2.07 bits per heavy atom. The Morgan fingerprint density at radius 1 is 1.24 bits per heavy atom. The molecule has 1 heterocycles. The Labute approximate surface area is 171 Å². The number of phenolic OH excluding ortho intramolecular Hbond substituents is 1. The van der Waals surface area contributed by atoms with Crippen molar-refractivity contribution in [1.29, 1.82) is 0 Å². The zero-order chi connectivity index (χ0) is 20.8. The third-order valence-electron chi connectivity index (χ3n) is 4.09. The zero-order valence-electron chi connectivity index (χ0n) is 15.5. The molecule has 0 aliphatic heterocycles. The number of hydrogen-bond acceptors (Lipinski definition) is 5. The summed E-state index contributed by atoms with van der Waals surface area (Å²) in [6.07, 6.45) is 2.95. The SMILES string of the molecule is COc1ccc(/C=N\NC(=O)c2cccn(Cc3cccc(Cl)c3)c2=O)cc1O. The second kappa shape index (κ2) is 9.07. The first-order chi connectivity index (χ1) is 14.0. The summed E-state index contributed by atoms with van der Waals surface area (Å²) in [7, 11) is 1.45. The quantitative estimate of drug-likeness (QED) is 0.481. The fraction of sp³-hybridized carbons (Fsp3) is 0.0952. The molecule has 0 radical (unpaired) electrons. The van der Waals surface area contributed by atoms with Gasteiger partial charge in [-0.2, -0.15) is 5.10 Å². The van der Waals surface area contributed by atoms with Crippen LogP contribution in [0.15, 0.2) is 70.7 Å². The number of ether oxygens (including phenoxy) is 1. The normalized spacial score (nSPS) is 10.8. The van der Waals surface area contributed by atoms with Gasteiger partial charge in [0.05, 0.1) is 19.9 Å². The second-order valence-electron chi connectivity index (χ2n) is 6.12. The predicted molar refractivity (Wildman–Crippen MR) is 111 cm³/mol. The van der Waals surface area contributed by atoms with Crippen LogP contribution in [0.5, 0.6) is 11.5 Å². The molecule has 1 aromatic heterocycles. The highest BCUT2D eigenvalue weighted by Crippen LogP contribution is 2.25. The van der Waals surface area contributed by atoms with E-state index in [1.165, 1.54) is 30.0 Å². The smallest absolute Gasteiger partial charge is 0.276 e. The minimum atomic E-state index is -0.635. The van der Waals surface area contributed by atoms with Crippen molar-refractivity contribution in [3.05, 3.63) is 92.9 Å². The average molecular weight is 412 g/mol. The third-order valence-corrected chi connectivity index (χ3v) is 4.32. The van der Waals surface area contributed by atoms with E-state index in [1.807, 2.05) is 6.07 Å². The molecule has 0 saturated carbocycles. The molecular weight excluding hydrogens is 394 g/mol. The van der Waals surface area contributed by atoms with Crippen molar-refractivity contribution in [2.45, 2.75) is 6.54 Å². The van der Waals surface area contributed by atoms with Gasteiger partial charge in [0.15, 0.2) is 11.5 Å². The zero-order valence-corrected chi connectivity index (χ0v) is 16.3. The van der Waals surface area contributed by atoms with Crippen LogP contribution in [0.25, 0.3) is 0 Å². The molecule has 0 fully saturated rings. The van der Waals surface area contributed by atoms with Crippen LogP contribution >= 0.6 is 11.6 Å². The van der Waals surface area contributed by atoms with Crippen molar-refractivity contribution >= 4 is 23.7 Å². The topological polar surface area (TPSA) is 92.9 Å². The Balaban J connectivity index is 1.72. The molecule has 0 saturated heterocycles. The Morgan fingerprint density at radius 3 is 2.79 bits per heavy atom. The summed E-state index contributed by atoms with van der Waals surface area (Å²) in [5, 5.41) is 14.2. The predicted octanol–water partition coefficient (Wildman–Crippen LogP) is 3.03. The Kier molecular flexibility index (Phi) is 6.31. The third kappa shape index (κ3) is 5.03. The summed E-state index contributed by atoms with van der Waals surface area (Å²) < 4.78 is 6.39. The number of pyridine rings is 1. The molecule has 0 aliphatic rings. The molecule has 2 N–H and O–H groups in total. The molecule has 148 valence electrons. The maximum atomic E-state index is 12.6. The number of phenols is 1. The minimum Gasteiger partial charge on any atom is -0.504 e. The lowest BCUT2D eigenvalue weighted by atomic mass is 10.2. The Bertz CT molecular complexity index is 1120. The van der Waals surface area contributed by atoms with Crippen molar-refractivity contribution < 1.29 is 14.6 Å². The van der Waals surface area contributed by atoms with E-state index in [9.17, 15) is 14.7 Å². The first-order valence-electron chi connectivity index (χ1n) is 8.62. The summed E-state index contributed by atoms with van der Waals surface area (Å²) in [4.78, 5) is 25.0. The van der Waals surface area contributed by atoms with Gasteiger partial charge in [-0.05, 0) is 53.6 Å². The molecule has 0 atom stereocenters. The van der Waals surface area contributed by atoms with E-state index in [4.69, 9.17) is 16.3 Å². The number of amides is 1. The maximum Gasteiger partial charge on any atom is 0.276 e. The van der Waals surface area contributed by atoms with Crippen molar-refractivity contribution in [2.24, 2.45) is 5.10 Å². The lowest BCUT2D eigenvalue weighted by Gasteiger charge is -2.08. The van der Waals surface area contributed by atoms with Gasteiger partial charge >= 0.3 is 0 Å². The molecule has 0 aliphatic carbocycles. The number of nitrogens with zero attached hydrogens (tertiary/aromatic N) is 2. The van der Waals surface area contributed by atoms with E-state index in [1.54, 1.807) is 42.6 Å². The summed E-state index contributed by atoms with van der Waals surface area (Å²) in [6.45, 7) is 0.287. The van der Waals surface area contributed by atoms with Crippen molar-refractivity contribution in [2.75, 3.05) is 7.11 Å². The number of halogens is 1. The fourth-order valence-electron chi connectivity index (χ4n) is 2.68. The molecule has 0 unspecified atom stereocenters. The van der Waals surface area contributed by atoms with Crippen molar-refractivity contribution in [3.63, 3.8) is 0 Å². The van der Waals surface area contributed by atoms with Crippen molar-refractivity contribution in [1.82, 2.24) is 9.99 Å². The van der Waals surface area contributed by atoms with Gasteiger partial charge < -0.3 is 14.4 Å². The number of hydrogen-bond donors (Lipinski definition) is 2. The number of aromatic nitrogens is 1. The van der Waals surface area contributed by atoms with E-state index in [0.717, 1.165) is 5.56 Å². The molecule has 1 amide bonds. The lowest BCUT2D eigenvalue weighted by Crippen LogP contribution is -2.30. The van der Waals surface area contributed by atoms with Gasteiger partial charge in [-0.3, -0.25) is 9.59 Å². The molecule has 3 aromatic rings. The summed E-state index contributed by atoms with van der Waals surface area (Å²) >= 11 is 5.98. The van der Waals surface area contributed by atoms with E-state index >= 15 is 0 Å². The standard InChI is InChI=1S/C21H18ClN3O4/c1-29-19-8-7-14(11-18(19)26)12-23-24-20(27)17-6-3-9-25(21(17)28)13-15-4-2-5-16(22)10-15/h2-12,26H,13H2,1H3,(H,24,27)/b23-12-. The molecule has 8 heteroatoms. The second-order valence-corrected chi connectivity index (χ2v) is 6.55. The van der Waals surface area contributed by atoms with Crippen LogP contribution in [0.4, 0.5) is 0 Å². The molecule has 0 spiro atoms. The summed E-state index contributed by atoms with van der Waals surface area (Å²) in [5.41, 5.74) is 3.23. The largest absolute Gasteiger partial charge is 0.504 e. The number of carbonyl (C=O) groups excluding carboxylic acids is 1. The number of methoxy groups -OCH3 is 1. The highest BCUT2D eigenvalue weighted by atomic mass is 35.5. The number of benzene rings is 2. The number of nitrogens with one attached hydrogen (secondary N) is 1. The first kappa shape index (κ1) is 20.2. The molecule has 2 aromatic carbocycles. The van der Waals surface area contributed by atoms with Gasteiger partial charge in [-0.25, -0.2) is 5.43 Å². The average Bonchev–Trinajstić information content (AvgIpc) is 2.70. The molecule has 29 heavy (non-hydrogen) atoms. The van der Waals surface area contributed by atoms with Crippen LogP contribution in [0.1, 0.15) is 21.5 Å². The van der Waals surface area contributed by atoms with E-state index in [2.05, 4.69) is 10.5 Å². The van der Waals surface area contributed by atoms with Crippen molar-refractivity contribution in [3.8, 4) is 11.5 Å². The Hall–Kier alpha value is -3.58. The van der Waals surface area contributed by atoms with E-state index in [0.29, 0.717) is 16.3 Å². The van der Waals surface area contributed by atoms with Crippen LogP contribution in [0, 0.1) is 0 Å².